The first-order valence-corrected chi connectivity index (χ1v) is 1.71. The molecule has 0 aromatic rings. The first-order valence-electron chi connectivity index (χ1n) is 1.71. The Morgan fingerprint density at radius 3 is 1.38 bits per heavy atom. The normalized spacial score (nSPS) is 7.50. The van der Waals surface area contributed by atoms with Crippen LogP contribution in [-0.2, 0) is 0 Å². The van der Waals surface area contributed by atoms with Gasteiger partial charge >= 0.3 is 0 Å². The van der Waals surface area contributed by atoms with Crippen LogP contribution in [0, 0.1) is 0 Å². The maximum atomic E-state index is 8.17. The van der Waals surface area contributed by atoms with Gasteiger partial charge in [0.2, 0.25) is 0 Å². The molecule has 0 fully saturated rings. The Bertz CT molecular complexity index is 33.7. The van der Waals surface area contributed by atoms with Gasteiger partial charge < -0.3 is 21.5 Å². The number of aliphatic hydroxyl groups is 3. The highest BCUT2D eigenvalue weighted by atomic mass is 19.0. The van der Waals surface area contributed by atoms with Crippen LogP contribution in [0.25, 0.3) is 0 Å². The molecule has 0 rings (SSSR count). The van der Waals surface area contributed by atoms with E-state index in [0.717, 1.165) is 0 Å². The zero-order valence-electron chi connectivity index (χ0n) is 4.45. The molecule has 0 bridgehead atoms. The van der Waals surface area contributed by atoms with E-state index in [1.165, 1.54) is 0 Å². The van der Waals surface area contributed by atoms with E-state index in [1.54, 1.807) is 0 Å². The second-order valence-electron chi connectivity index (χ2n) is 1.02. The van der Waals surface area contributed by atoms with E-state index in [2.05, 4.69) is 0 Å². The van der Waals surface area contributed by atoms with Crippen molar-refractivity contribution >= 4 is 0 Å². The van der Waals surface area contributed by atoms with Gasteiger partial charge in [0.1, 0.15) is 6.10 Å². The minimum absolute atomic E-state index is 0. The van der Waals surface area contributed by atoms with Crippen molar-refractivity contribution in [1.29, 1.82) is 0 Å². The van der Waals surface area contributed by atoms with Crippen molar-refractivity contribution in [3.05, 3.63) is 0 Å². The third kappa shape index (κ3) is 9.24. The standard InChI is InChI=1S/C3H8O3.FH.H3N/c4-1-3(6)2-5;;/h3-6H,1-2H2;1H;1H3. The molecule has 0 unspecified atom stereocenters. The molecular weight excluding hydrogens is 117 g/mol. The molecule has 0 atom stereocenters. The van der Waals surface area contributed by atoms with Crippen molar-refractivity contribution in [3.63, 3.8) is 0 Å². The molecule has 0 amide bonds. The Hall–Kier alpha value is -0.230. The maximum absolute atomic E-state index is 8.17. The first-order chi connectivity index (χ1) is 2.81. The molecule has 6 N–H and O–H groups in total. The average molecular weight is 129 g/mol. The lowest BCUT2D eigenvalue weighted by Gasteiger charge is -1.96. The minimum Gasteiger partial charge on any atom is -0.394 e. The molecule has 0 aromatic heterocycles. The van der Waals surface area contributed by atoms with E-state index in [-0.39, 0.29) is 24.1 Å². The van der Waals surface area contributed by atoms with E-state index < -0.39 is 6.10 Å². The number of hydrogen-bond acceptors (Lipinski definition) is 4. The molecule has 0 radical (unpaired) electrons. The molecule has 0 aliphatic heterocycles. The van der Waals surface area contributed by atoms with Crippen LogP contribution in [0.3, 0.4) is 0 Å². The summed E-state index contributed by atoms with van der Waals surface area (Å²) < 4.78 is 0. The molecule has 0 saturated carbocycles. The van der Waals surface area contributed by atoms with Crippen molar-refractivity contribution in [2.45, 2.75) is 6.10 Å². The van der Waals surface area contributed by atoms with Gasteiger partial charge in [-0.1, -0.05) is 0 Å². The fourth-order valence-corrected chi connectivity index (χ4v) is 0.0577. The molecule has 0 heterocycles. The van der Waals surface area contributed by atoms with Gasteiger partial charge in [0.25, 0.3) is 0 Å². The van der Waals surface area contributed by atoms with Gasteiger partial charge in [0.05, 0.1) is 13.2 Å². The fourth-order valence-electron chi connectivity index (χ4n) is 0.0577. The summed E-state index contributed by atoms with van der Waals surface area (Å²) in [7, 11) is 0. The van der Waals surface area contributed by atoms with Crippen LogP contribution in [0.2, 0.25) is 0 Å². The van der Waals surface area contributed by atoms with Crippen molar-refractivity contribution in [1.82, 2.24) is 6.15 Å². The van der Waals surface area contributed by atoms with Crippen LogP contribution in [-0.4, -0.2) is 34.6 Å². The Morgan fingerprint density at radius 2 is 1.38 bits per heavy atom. The predicted molar refractivity (Wildman–Crippen MR) is 27.7 cm³/mol. The number of aliphatic hydroxyl groups excluding tert-OH is 3. The van der Waals surface area contributed by atoms with Crippen molar-refractivity contribution in [2.24, 2.45) is 0 Å². The van der Waals surface area contributed by atoms with Crippen molar-refractivity contribution < 1.29 is 20.0 Å². The molecule has 4 nitrogen and oxygen atoms in total. The minimum atomic E-state index is -0.954. The summed E-state index contributed by atoms with van der Waals surface area (Å²) >= 11 is 0. The smallest absolute Gasteiger partial charge is 0.100 e. The van der Waals surface area contributed by atoms with Crippen LogP contribution in [0.1, 0.15) is 0 Å². The van der Waals surface area contributed by atoms with Crippen molar-refractivity contribution in [3.8, 4) is 0 Å². The van der Waals surface area contributed by atoms with E-state index in [4.69, 9.17) is 15.3 Å². The highest BCUT2D eigenvalue weighted by Crippen LogP contribution is 1.71. The third-order valence-corrected chi connectivity index (χ3v) is 0.421. The highest BCUT2D eigenvalue weighted by Gasteiger charge is 1.93. The predicted octanol–water partition coefficient (Wildman–Crippen LogP) is -1.35. The van der Waals surface area contributed by atoms with Gasteiger partial charge in [0, 0.05) is 0 Å². The SMILES string of the molecule is F.N.OCC(O)CO. The van der Waals surface area contributed by atoms with Crippen LogP contribution in [0.5, 0.6) is 0 Å². The van der Waals surface area contributed by atoms with Gasteiger partial charge in [0.15, 0.2) is 0 Å². The Morgan fingerprint density at radius 1 is 1.12 bits per heavy atom. The second-order valence-corrected chi connectivity index (χ2v) is 1.02. The van der Waals surface area contributed by atoms with Gasteiger partial charge in [-0.25, -0.2) is 0 Å². The maximum Gasteiger partial charge on any atom is 0.100 e. The molecule has 5 heteroatoms. The summed E-state index contributed by atoms with van der Waals surface area (Å²) in [5.41, 5.74) is 0. The van der Waals surface area contributed by atoms with Gasteiger partial charge in [-0.2, -0.15) is 0 Å². The summed E-state index contributed by atoms with van der Waals surface area (Å²) in [5, 5.41) is 24.0. The van der Waals surface area contributed by atoms with Crippen LogP contribution >= 0.6 is 0 Å². The topological polar surface area (TPSA) is 95.7 Å². The zero-order chi connectivity index (χ0) is 4.99. The zero-order valence-corrected chi connectivity index (χ0v) is 4.45. The second kappa shape index (κ2) is 9.91. The number of halogens is 1. The Kier molecular flexibility index (Phi) is 19.4. The summed E-state index contributed by atoms with van der Waals surface area (Å²) in [6, 6.07) is 0. The van der Waals surface area contributed by atoms with Crippen molar-refractivity contribution in [2.75, 3.05) is 13.2 Å². The lowest BCUT2D eigenvalue weighted by Crippen LogP contribution is -2.15. The number of rotatable bonds is 2. The fraction of sp³-hybridized carbons (Fsp3) is 1.00. The summed E-state index contributed by atoms with van der Waals surface area (Å²) in [6.45, 7) is -0.729. The van der Waals surface area contributed by atoms with Crippen LogP contribution < -0.4 is 6.15 Å². The molecule has 0 spiro atoms. The third-order valence-electron chi connectivity index (χ3n) is 0.421. The summed E-state index contributed by atoms with van der Waals surface area (Å²) in [6.07, 6.45) is -0.954. The van der Waals surface area contributed by atoms with Gasteiger partial charge in [-0.3, -0.25) is 4.70 Å². The van der Waals surface area contributed by atoms with Gasteiger partial charge in [-0.05, 0) is 0 Å². The van der Waals surface area contributed by atoms with E-state index in [0.29, 0.717) is 0 Å². The molecule has 0 aromatic carbocycles. The highest BCUT2D eigenvalue weighted by molar-refractivity contribution is 4.43. The first kappa shape index (κ1) is 15.7. The monoisotopic (exact) mass is 129 g/mol. The average Bonchev–Trinajstić information content (AvgIpc) is 1.65. The van der Waals surface area contributed by atoms with E-state index in [9.17, 15) is 0 Å². The molecule has 8 heavy (non-hydrogen) atoms. The molecule has 54 valence electrons. The van der Waals surface area contributed by atoms with Crippen LogP contribution in [0.15, 0.2) is 0 Å². The molecule has 0 saturated heterocycles. The summed E-state index contributed by atoms with van der Waals surface area (Å²) in [5.74, 6) is 0. The molecule has 0 aliphatic rings. The Labute approximate surface area is 46.7 Å². The van der Waals surface area contributed by atoms with E-state index >= 15 is 0 Å². The Balaban J connectivity index is -0.000000125. The van der Waals surface area contributed by atoms with Gasteiger partial charge in [-0.15, -0.1) is 0 Å². The van der Waals surface area contributed by atoms with E-state index in [1.807, 2.05) is 0 Å². The quantitative estimate of drug-likeness (QED) is 0.370. The molecular formula is C3H12FNO3. The summed E-state index contributed by atoms with van der Waals surface area (Å²) in [4.78, 5) is 0. The lowest BCUT2D eigenvalue weighted by molar-refractivity contribution is 0.0450. The van der Waals surface area contributed by atoms with Crippen LogP contribution in [0.4, 0.5) is 4.70 Å². The number of hydrogen-bond donors (Lipinski definition) is 4. The molecule has 0 aliphatic carbocycles. The lowest BCUT2D eigenvalue weighted by atomic mass is 10.4. The largest absolute Gasteiger partial charge is 0.394 e.